The molecule has 1 atom stereocenters. The van der Waals surface area contributed by atoms with Crippen molar-refractivity contribution in [1.82, 2.24) is 0 Å². The molecule has 1 aliphatic rings. The van der Waals surface area contributed by atoms with Gasteiger partial charge in [0.15, 0.2) is 4.87 Å². The molecular formula is C22H16Cl2N2O. The largest absolute Gasteiger partial charge is 0.275 e. The number of rotatable bonds is 4. The standard InChI is InChI=1S/C22H16Cl2N2O/c23-18-11-13-19(14-12-18)26-21(27)22(24,15-16-7-3-1-4-8-16)20(25-26)17-9-5-2-6-10-17/h1-14H,15H2/t22-/m1/s1. The number of alkyl halides is 1. The van der Waals surface area contributed by atoms with E-state index in [1.807, 2.05) is 60.7 Å². The molecule has 0 aromatic heterocycles. The number of hydrazone groups is 1. The molecule has 3 aromatic carbocycles. The van der Waals surface area contributed by atoms with Crippen LogP contribution >= 0.6 is 23.2 Å². The van der Waals surface area contributed by atoms with Crippen LogP contribution in [0.5, 0.6) is 0 Å². The van der Waals surface area contributed by atoms with Crippen molar-refractivity contribution in [2.75, 3.05) is 5.01 Å². The van der Waals surface area contributed by atoms with Crippen LogP contribution in [0.3, 0.4) is 0 Å². The SMILES string of the molecule is O=C1N(c2ccc(Cl)cc2)N=C(c2ccccc2)[C@]1(Cl)Cc1ccccc1. The lowest BCUT2D eigenvalue weighted by Crippen LogP contribution is -2.43. The molecule has 3 nitrogen and oxygen atoms in total. The molecule has 27 heavy (non-hydrogen) atoms. The summed E-state index contributed by atoms with van der Waals surface area (Å²) in [6.45, 7) is 0. The summed E-state index contributed by atoms with van der Waals surface area (Å²) in [5.74, 6) is -0.269. The van der Waals surface area contributed by atoms with Crippen LogP contribution in [0.4, 0.5) is 5.69 Å². The van der Waals surface area contributed by atoms with E-state index in [4.69, 9.17) is 23.2 Å². The fourth-order valence-electron chi connectivity index (χ4n) is 3.17. The molecule has 0 saturated carbocycles. The lowest BCUT2D eigenvalue weighted by atomic mass is 9.89. The second-order valence-electron chi connectivity index (χ2n) is 6.37. The number of anilines is 1. The second kappa shape index (κ2) is 7.18. The van der Waals surface area contributed by atoms with E-state index in [0.717, 1.165) is 11.1 Å². The first-order valence-corrected chi connectivity index (χ1v) is 9.31. The van der Waals surface area contributed by atoms with Crippen LogP contribution in [0.25, 0.3) is 0 Å². The fourth-order valence-corrected chi connectivity index (χ4v) is 3.68. The van der Waals surface area contributed by atoms with Gasteiger partial charge in [-0.2, -0.15) is 10.1 Å². The molecule has 0 N–H and O–H groups in total. The van der Waals surface area contributed by atoms with Crippen LogP contribution in [0.1, 0.15) is 11.1 Å². The van der Waals surface area contributed by atoms with Gasteiger partial charge in [0, 0.05) is 17.0 Å². The van der Waals surface area contributed by atoms with Crippen LogP contribution < -0.4 is 5.01 Å². The van der Waals surface area contributed by atoms with Crippen molar-refractivity contribution in [3.05, 3.63) is 101 Å². The first-order valence-electron chi connectivity index (χ1n) is 8.55. The van der Waals surface area contributed by atoms with Crippen molar-refractivity contribution in [1.29, 1.82) is 0 Å². The summed E-state index contributed by atoms with van der Waals surface area (Å²) in [5, 5.41) is 6.58. The average molecular weight is 395 g/mol. The van der Waals surface area contributed by atoms with E-state index in [1.165, 1.54) is 5.01 Å². The maximum atomic E-state index is 13.3. The van der Waals surface area contributed by atoms with E-state index in [9.17, 15) is 4.79 Å². The van der Waals surface area contributed by atoms with Gasteiger partial charge < -0.3 is 0 Å². The van der Waals surface area contributed by atoms with Crippen LogP contribution in [-0.4, -0.2) is 16.5 Å². The Morgan fingerprint density at radius 1 is 0.852 bits per heavy atom. The summed E-state index contributed by atoms with van der Waals surface area (Å²) < 4.78 is 0. The lowest BCUT2D eigenvalue weighted by molar-refractivity contribution is -0.118. The van der Waals surface area contributed by atoms with Crippen LogP contribution in [-0.2, 0) is 11.2 Å². The highest BCUT2D eigenvalue weighted by Crippen LogP contribution is 2.37. The van der Waals surface area contributed by atoms with Gasteiger partial charge >= 0.3 is 0 Å². The van der Waals surface area contributed by atoms with E-state index in [2.05, 4.69) is 5.10 Å². The molecule has 0 spiro atoms. The highest BCUT2D eigenvalue weighted by Gasteiger charge is 2.50. The summed E-state index contributed by atoms with van der Waals surface area (Å²) in [4.78, 5) is 12.1. The van der Waals surface area contributed by atoms with Crippen LogP contribution in [0.15, 0.2) is 90.0 Å². The monoisotopic (exact) mass is 394 g/mol. The van der Waals surface area contributed by atoms with Crippen molar-refractivity contribution in [3.63, 3.8) is 0 Å². The van der Waals surface area contributed by atoms with Crippen molar-refractivity contribution >= 4 is 40.5 Å². The van der Waals surface area contributed by atoms with Gasteiger partial charge in [-0.15, -0.1) is 11.6 Å². The summed E-state index contributed by atoms with van der Waals surface area (Å²) >= 11 is 13.0. The molecule has 0 unspecified atom stereocenters. The zero-order valence-electron chi connectivity index (χ0n) is 14.3. The minimum atomic E-state index is -1.28. The van der Waals surface area contributed by atoms with E-state index >= 15 is 0 Å². The molecule has 4 rings (SSSR count). The molecule has 1 heterocycles. The second-order valence-corrected chi connectivity index (χ2v) is 7.45. The summed E-state index contributed by atoms with van der Waals surface area (Å²) in [6.07, 6.45) is 0.353. The number of nitrogens with zero attached hydrogens (tertiary/aromatic N) is 2. The van der Waals surface area contributed by atoms with Crippen molar-refractivity contribution < 1.29 is 4.79 Å². The highest BCUT2D eigenvalue weighted by atomic mass is 35.5. The Balaban J connectivity index is 1.80. The lowest BCUT2D eigenvalue weighted by Gasteiger charge is -2.22. The Morgan fingerprint density at radius 2 is 1.44 bits per heavy atom. The fraction of sp³-hybridized carbons (Fsp3) is 0.0909. The molecule has 0 fully saturated rings. The third kappa shape index (κ3) is 3.36. The predicted molar refractivity (Wildman–Crippen MR) is 111 cm³/mol. The van der Waals surface area contributed by atoms with Crippen molar-refractivity contribution in [2.24, 2.45) is 5.10 Å². The third-order valence-corrected chi connectivity index (χ3v) is 5.24. The van der Waals surface area contributed by atoms with Crippen molar-refractivity contribution in [3.8, 4) is 0 Å². The van der Waals surface area contributed by atoms with Gasteiger partial charge in [0.05, 0.1) is 11.4 Å². The Hall–Kier alpha value is -2.62. The third-order valence-electron chi connectivity index (χ3n) is 4.52. The molecule has 0 radical (unpaired) electrons. The maximum absolute atomic E-state index is 13.3. The molecule has 1 aliphatic heterocycles. The van der Waals surface area contributed by atoms with Crippen molar-refractivity contribution in [2.45, 2.75) is 11.3 Å². The quantitative estimate of drug-likeness (QED) is 0.551. The molecule has 3 aromatic rings. The summed E-state index contributed by atoms with van der Waals surface area (Å²) in [7, 11) is 0. The number of hydrogen-bond donors (Lipinski definition) is 0. The maximum Gasteiger partial charge on any atom is 0.275 e. The Morgan fingerprint density at radius 3 is 2.07 bits per heavy atom. The first-order chi connectivity index (χ1) is 13.1. The Bertz CT molecular complexity index is 988. The van der Waals surface area contributed by atoms with Gasteiger partial charge in [-0.1, -0.05) is 72.3 Å². The molecule has 0 aliphatic carbocycles. The van der Waals surface area contributed by atoms with Gasteiger partial charge in [-0.05, 0) is 29.8 Å². The topological polar surface area (TPSA) is 32.7 Å². The number of hydrogen-bond acceptors (Lipinski definition) is 2. The Kier molecular flexibility index (Phi) is 4.73. The average Bonchev–Trinajstić information content (AvgIpc) is 2.95. The highest BCUT2D eigenvalue weighted by molar-refractivity contribution is 6.53. The predicted octanol–water partition coefficient (Wildman–Crippen LogP) is 5.31. The number of carbonyl (C=O) groups is 1. The number of benzene rings is 3. The first kappa shape index (κ1) is 17.8. The summed E-state index contributed by atoms with van der Waals surface area (Å²) in [6, 6.07) is 26.3. The number of amides is 1. The molecular weight excluding hydrogens is 379 g/mol. The van der Waals surface area contributed by atoms with Gasteiger partial charge in [0.2, 0.25) is 0 Å². The van der Waals surface area contributed by atoms with Crippen LogP contribution in [0.2, 0.25) is 5.02 Å². The van der Waals surface area contributed by atoms with E-state index in [0.29, 0.717) is 22.8 Å². The molecule has 0 saturated heterocycles. The Labute approximate surface area is 167 Å². The van der Waals surface area contributed by atoms with Gasteiger partial charge in [-0.25, -0.2) is 0 Å². The van der Waals surface area contributed by atoms with Gasteiger partial charge in [0.25, 0.3) is 5.91 Å². The number of carbonyl (C=O) groups excluding carboxylic acids is 1. The molecule has 1 amide bonds. The minimum Gasteiger partial charge on any atom is -0.270 e. The van der Waals surface area contributed by atoms with E-state index < -0.39 is 4.87 Å². The minimum absolute atomic E-state index is 0.269. The van der Waals surface area contributed by atoms with E-state index in [-0.39, 0.29) is 5.91 Å². The summed E-state index contributed by atoms with van der Waals surface area (Å²) in [5.41, 5.74) is 2.98. The zero-order valence-corrected chi connectivity index (χ0v) is 15.9. The van der Waals surface area contributed by atoms with E-state index in [1.54, 1.807) is 24.3 Å². The van der Waals surface area contributed by atoms with Gasteiger partial charge in [0.1, 0.15) is 0 Å². The van der Waals surface area contributed by atoms with Crippen LogP contribution in [0, 0.1) is 0 Å². The zero-order chi connectivity index (χ0) is 18.9. The molecule has 0 bridgehead atoms. The molecule has 134 valence electrons. The number of halogens is 2. The van der Waals surface area contributed by atoms with Gasteiger partial charge in [-0.3, -0.25) is 4.79 Å². The smallest absolute Gasteiger partial charge is 0.270 e. The molecule has 5 heteroatoms. The normalized spacial score (nSPS) is 19.3.